The Bertz CT molecular complexity index is 399. The third kappa shape index (κ3) is 2.73. The average molecular weight is 228 g/mol. The molecule has 0 saturated heterocycles. The van der Waals surface area contributed by atoms with Crippen LogP contribution in [0.1, 0.15) is 11.7 Å². The van der Waals surface area contributed by atoms with Gasteiger partial charge in [-0.05, 0) is 12.1 Å². The lowest BCUT2D eigenvalue weighted by Crippen LogP contribution is -2.04. The van der Waals surface area contributed by atoms with Gasteiger partial charge in [0.25, 0.3) is 0 Å². The summed E-state index contributed by atoms with van der Waals surface area (Å²) in [5.74, 6) is 1.56. The Hall–Kier alpha value is -1.49. The number of rotatable bonds is 5. The monoisotopic (exact) mass is 227 g/mol. The molecule has 0 aliphatic rings. The Morgan fingerprint density at radius 1 is 1.40 bits per heavy atom. The molecule has 80 valence electrons. The normalized spacial score (nSPS) is 10.5. The Morgan fingerprint density at radius 3 is 3.00 bits per heavy atom. The molecule has 0 spiro atoms. The van der Waals surface area contributed by atoms with Gasteiger partial charge in [0.2, 0.25) is 5.89 Å². The lowest BCUT2D eigenvalue weighted by atomic mass is 10.3. The van der Waals surface area contributed by atoms with Gasteiger partial charge in [0, 0.05) is 13.0 Å². The molecule has 0 unspecified atom stereocenters. The zero-order valence-electron chi connectivity index (χ0n) is 7.94. The van der Waals surface area contributed by atoms with Gasteiger partial charge < -0.3 is 14.2 Å². The van der Waals surface area contributed by atoms with Gasteiger partial charge in [0.05, 0.1) is 6.26 Å². The first kappa shape index (κ1) is 10.0. The molecule has 2 rings (SSSR count). The molecule has 0 aromatic carbocycles. The smallest absolute Gasteiger partial charge is 0.315 e. The first-order valence-corrected chi connectivity index (χ1v) is 5.06. The Labute approximate surface area is 91.4 Å². The number of anilines is 1. The van der Waals surface area contributed by atoms with Crippen LogP contribution in [0.3, 0.4) is 0 Å². The van der Waals surface area contributed by atoms with E-state index < -0.39 is 0 Å². The van der Waals surface area contributed by atoms with Crippen molar-refractivity contribution in [2.45, 2.75) is 12.3 Å². The summed E-state index contributed by atoms with van der Waals surface area (Å²) in [5, 5.41) is 10.5. The van der Waals surface area contributed by atoms with E-state index in [1.807, 2.05) is 12.1 Å². The largest absolute Gasteiger partial charge is 0.469 e. The molecular formula is C9H10ClN3O2. The SMILES string of the molecule is ClCc1nnc(NCCc2ccco2)o1. The van der Waals surface area contributed by atoms with Crippen molar-refractivity contribution in [2.24, 2.45) is 0 Å². The molecule has 0 saturated carbocycles. The molecule has 0 aliphatic heterocycles. The topological polar surface area (TPSA) is 64.1 Å². The molecule has 6 heteroatoms. The number of hydrogen-bond donors (Lipinski definition) is 1. The van der Waals surface area contributed by atoms with E-state index >= 15 is 0 Å². The van der Waals surface area contributed by atoms with Crippen LogP contribution in [0.15, 0.2) is 27.2 Å². The van der Waals surface area contributed by atoms with Crippen molar-refractivity contribution in [3.05, 3.63) is 30.0 Å². The molecule has 1 N–H and O–H groups in total. The summed E-state index contributed by atoms with van der Waals surface area (Å²) in [4.78, 5) is 0. The van der Waals surface area contributed by atoms with Gasteiger partial charge in [-0.3, -0.25) is 0 Å². The number of hydrogen-bond acceptors (Lipinski definition) is 5. The fourth-order valence-electron chi connectivity index (χ4n) is 1.13. The molecule has 2 aromatic heterocycles. The highest BCUT2D eigenvalue weighted by atomic mass is 35.5. The molecular weight excluding hydrogens is 218 g/mol. The lowest BCUT2D eigenvalue weighted by Gasteiger charge is -1.97. The number of alkyl halides is 1. The van der Waals surface area contributed by atoms with Crippen molar-refractivity contribution in [3.63, 3.8) is 0 Å². The fraction of sp³-hybridized carbons (Fsp3) is 0.333. The van der Waals surface area contributed by atoms with Crippen LogP contribution < -0.4 is 5.32 Å². The number of halogens is 1. The second kappa shape index (κ2) is 4.84. The molecule has 0 radical (unpaired) electrons. The summed E-state index contributed by atoms with van der Waals surface area (Å²) in [6.45, 7) is 0.678. The Balaban J connectivity index is 1.78. The number of nitrogens with zero attached hydrogens (tertiary/aromatic N) is 2. The van der Waals surface area contributed by atoms with Crippen LogP contribution >= 0.6 is 11.6 Å². The summed E-state index contributed by atoms with van der Waals surface area (Å²) < 4.78 is 10.3. The van der Waals surface area contributed by atoms with E-state index in [1.165, 1.54) is 0 Å². The first-order valence-electron chi connectivity index (χ1n) is 4.53. The number of aromatic nitrogens is 2. The summed E-state index contributed by atoms with van der Waals surface area (Å²) in [7, 11) is 0. The van der Waals surface area contributed by atoms with Crippen LogP contribution in [-0.4, -0.2) is 16.7 Å². The van der Waals surface area contributed by atoms with Crippen LogP contribution in [0.4, 0.5) is 6.01 Å². The minimum absolute atomic E-state index is 0.229. The van der Waals surface area contributed by atoms with Crippen molar-refractivity contribution in [2.75, 3.05) is 11.9 Å². The van der Waals surface area contributed by atoms with Crippen molar-refractivity contribution in [3.8, 4) is 0 Å². The Morgan fingerprint density at radius 2 is 2.33 bits per heavy atom. The predicted molar refractivity (Wildman–Crippen MR) is 54.8 cm³/mol. The number of nitrogens with one attached hydrogen (secondary N) is 1. The quantitative estimate of drug-likeness (QED) is 0.792. The minimum atomic E-state index is 0.229. The van der Waals surface area contributed by atoms with Gasteiger partial charge in [0.15, 0.2) is 0 Å². The van der Waals surface area contributed by atoms with E-state index in [9.17, 15) is 0 Å². The highest BCUT2D eigenvalue weighted by molar-refractivity contribution is 6.16. The predicted octanol–water partition coefficient (Wildman–Crippen LogP) is 2.06. The molecule has 2 aromatic rings. The molecule has 2 heterocycles. The molecule has 15 heavy (non-hydrogen) atoms. The van der Waals surface area contributed by atoms with Crippen LogP contribution in [0.25, 0.3) is 0 Å². The molecule has 0 bridgehead atoms. The minimum Gasteiger partial charge on any atom is -0.469 e. The molecule has 0 amide bonds. The van der Waals surface area contributed by atoms with E-state index in [0.29, 0.717) is 18.5 Å². The summed E-state index contributed by atoms with van der Waals surface area (Å²) in [5.41, 5.74) is 0. The summed E-state index contributed by atoms with van der Waals surface area (Å²) in [6, 6.07) is 4.16. The van der Waals surface area contributed by atoms with Gasteiger partial charge in [-0.2, -0.15) is 0 Å². The summed E-state index contributed by atoms with van der Waals surface area (Å²) in [6.07, 6.45) is 2.42. The van der Waals surface area contributed by atoms with Crippen molar-refractivity contribution in [1.82, 2.24) is 10.2 Å². The zero-order valence-corrected chi connectivity index (χ0v) is 8.70. The van der Waals surface area contributed by atoms with Crippen molar-refractivity contribution in [1.29, 1.82) is 0 Å². The van der Waals surface area contributed by atoms with E-state index in [2.05, 4.69) is 15.5 Å². The van der Waals surface area contributed by atoms with Gasteiger partial charge in [-0.15, -0.1) is 16.7 Å². The first-order chi connectivity index (χ1) is 7.38. The average Bonchev–Trinajstić information content (AvgIpc) is 2.88. The van der Waals surface area contributed by atoms with E-state index in [1.54, 1.807) is 6.26 Å². The fourth-order valence-corrected chi connectivity index (χ4v) is 1.23. The van der Waals surface area contributed by atoms with Crippen molar-refractivity contribution >= 4 is 17.6 Å². The third-order valence-electron chi connectivity index (χ3n) is 1.81. The Kier molecular flexibility index (Phi) is 3.24. The highest BCUT2D eigenvalue weighted by Gasteiger charge is 2.03. The maximum atomic E-state index is 5.52. The molecule has 5 nitrogen and oxygen atoms in total. The van der Waals surface area contributed by atoms with Crippen LogP contribution in [0.5, 0.6) is 0 Å². The van der Waals surface area contributed by atoms with Crippen LogP contribution in [0, 0.1) is 0 Å². The van der Waals surface area contributed by atoms with E-state index in [-0.39, 0.29) is 5.88 Å². The van der Waals surface area contributed by atoms with Gasteiger partial charge in [-0.1, -0.05) is 5.10 Å². The van der Waals surface area contributed by atoms with Gasteiger partial charge >= 0.3 is 6.01 Å². The third-order valence-corrected chi connectivity index (χ3v) is 2.04. The van der Waals surface area contributed by atoms with Crippen LogP contribution in [0.2, 0.25) is 0 Å². The van der Waals surface area contributed by atoms with Gasteiger partial charge in [-0.25, -0.2) is 0 Å². The highest BCUT2D eigenvalue weighted by Crippen LogP contribution is 2.07. The second-order valence-electron chi connectivity index (χ2n) is 2.89. The lowest BCUT2D eigenvalue weighted by molar-refractivity contribution is 0.506. The van der Waals surface area contributed by atoms with Crippen LogP contribution in [-0.2, 0) is 12.3 Å². The second-order valence-corrected chi connectivity index (χ2v) is 3.16. The zero-order chi connectivity index (χ0) is 10.5. The van der Waals surface area contributed by atoms with E-state index in [4.69, 9.17) is 20.4 Å². The van der Waals surface area contributed by atoms with Gasteiger partial charge in [0.1, 0.15) is 11.6 Å². The number of furan rings is 1. The van der Waals surface area contributed by atoms with E-state index in [0.717, 1.165) is 12.2 Å². The maximum absolute atomic E-state index is 5.52. The van der Waals surface area contributed by atoms with Crippen molar-refractivity contribution < 1.29 is 8.83 Å². The standard InChI is InChI=1S/C9H10ClN3O2/c10-6-8-12-13-9(15-8)11-4-3-7-2-1-5-14-7/h1-2,5H,3-4,6H2,(H,11,13). The maximum Gasteiger partial charge on any atom is 0.315 e. The molecule has 0 fully saturated rings. The summed E-state index contributed by atoms with van der Waals surface area (Å²) >= 11 is 5.52. The molecule has 0 aliphatic carbocycles. The molecule has 0 atom stereocenters.